The highest BCUT2D eigenvalue weighted by Crippen LogP contribution is 2.31. The number of hydrogen-bond acceptors (Lipinski definition) is 3. The molecule has 5 heteroatoms. The second kappa shape index (κ2) is 7.66. The van der Waals surface area contributed by atoms with Crippen molar-refractivity contribution in [3.05, 3.63) is 71.4 Å². The highest BCUT2D eigenvalue weighted by molar-refractivity contribution is 5.91. The van der Waals surface area contributed by atoms with Crippen molar-refractivity contribution in [1.82, 2.24) is 10.2 Å². The number of hydrogen-bond donors (Lipinski definition) is 2. The molecule has 0 aliphatic rings. The molecule has 0 fully saturated rings. The van der Waals surface area contributed by atoms with Crippen LogP contribution in [-0.2, 0) is 16.8 Å². The van der Waals surface area contributed by atoms with E-state index in [1.165, 1.54) is 5.56 Å². The number of carbonyl (C=O) groups is 1. The molecule has 0 spiro atoms. The Hall–Kier alpha value is -3.08. The molecule has 2 aromatic carbocycles. The summed E-state index contributed by atoms with van der Waals surface area (Å²) in [6.07, 6.45) is -0.504. The predicted molar refractivity (Wildman–Crippen MR) is 108 cm³/mol. The van der Waals surface area contributed by atoms with Crippen LogP contribution in [0.5, 0.6) is 0 Å². The minimum Gasteiger partial charge on any atom is -0.444 e. The minimum absolute atomic E-state index is 0.0857. The van der Waals surface area contributed by atoms with E-state index in [4.69, 9.17) is 4.74 Å². The molecule has 0 bridgehead atoms. The van der Waals surface area contributed by atoms with Gasteiger partial charge in [0.15, 0.2) is 0 Å². The van der Waals surface area contributed by atoms with Crippen LogP contribution in [0.25, 0.3) is 11.3 Å². The van der Waals surface area contributed by atoms with E-state index < -0.39 is 6.09 Å². The van der Waals surface area contributed by atoms with Crippen molar-refractivity contribution in [2.75, 3.05) is 5.32 Å². The number of aromatic nitrogens is 2. The molecule has 140 valence electrons. The number of rotatable bonds is 4. The van der Waals surface area contributed by atoms with Gasteiger partial charge < -0.3 is 4.74 Å². The van der Waals surface area contributed by atoms with Gasteiger partial charge in [-0.25, -0.2) is 4.79 Å². The molecule has 0 aliphatic heterocycles. The first kappa shape index (κ1) is 18.7. The van der Waals surface area contributed by atoms with E-state index in [-0.39, 0.29) is 12.0 Å². The Kier molecular flexibility index (Phi) is 5.31. The van der Waals surface area contributed by atoms with Gasteiger partial charge in [-0.15, -0.1) is 0 Å². The van der Waals surface area contributed by atoms with Gasteiger partial charge in [-0.05, 0) is 23.5 Å². The number of benzene rings is 2. The first-order valence-electron chi connectivity index (χ1n) is 8.98. The first-order valence-corrected chi connectivity index (χ1v) is 8.98. The molecule has 5 nitrogen and oxygen atoms in total. The van der Waals surface area contributed by atoms with E-state index in [0.29, 0.717) is 11.4 Å². The van der Waals surface area contributed by atoms with Gasteiger partial charge in [-0.1, -0.05) is 75.4 Å². The van der Waals surface area contributed by atoms with Crippen LogP contribution < -0.4 is 5.32 Å². The molecule has 3 aromatic rings. The number of aryl methyl sites for hydroxylation is 1. The van der Waals surface area contributed by atoms with E-state index in [9.17, 15) is 4.79 Å². The van der Waals surface area contributed by atoms with E-state index in [1.54, 1.807) is 0 Å². The number of nitrogens with one attached hydrogen (secondary N) is 2. The van der Waals surface area contributed by atoms with Crippen LogP contribution >= 0.6 is 0 Å². The summed E-state index contributed by atoms with van der Waals surface area (Å²) in [7, 11) is 0. The van der Waals surface area contributed by atoms with Crippen LogP contribution in [0.3, 0.4) is 0 Å². The summed E-state index contributed by atoms with van der Waals surface area (Å²) in [5, 5.41) is 10.1. The second-order valence-electron chi connectivity index (χ2n) is 7.59. The molecule has 1 amide bonds. The van der Waals surface area contributed by atoms with Gasteiger partial charge in [0, 0.05) is 5.56 Å². The van der Waals surface area contributed by atoms with Crippen molar-refractivity contribution in [2.45, 2.75) is 39.7 Å². The van der Waals surface area contributed by atoms with E-state index in [2.05, 4.69) is 48.4 Å². The van der Waals surface area contributed by atoms with Gasteiger partial charge in [0.25, 0.3) is 0 Å². The molecule has 1 aromatic heterocycles. The van der Waals surface area contributed by atoms with Crippen molar-refractivity contribution < 1.29 is 9.53 Å². The number of amides is 1. The van der Waals surface area contributed by atoms with Crippen molar-refractivity contribution >= 4 is 11.8 Å². The number of aromatic amines is 1. The molecule has 1 heterocycles. The van der Waals surface area contributed by atoms with Crippen molar-refractivity contribution in [2.24, 2.45) is 0 Å². The largest absolute Gasteiger partial charge is 0.444 e. The summed E-state index contributed by atoms with van der Waals surface area (Å²) in [6.45, 7) is 8.62. The number of ether oxygens (including phenoxy) is 1. The highest BCUT2D eigenvalue weighted by atomic mass is 16.5. The summed E-state index contributed by atoms with van der Waals surface area (Å²) in [6, 6.07) is 17.8. The fourth-order valence-corrected chi connectivity index (χ4v) is 2.78. The van der Waals surface area contributed by atoms with Crippen molar-refractivity contribution in [3.63, 3.8) is 0 Å². The standard InChI is InChI=1S/C22H25N3O2/c1-15-19(23-21(26)27-14-16-8-6-5-7-9-16)20(25-24-15)17-10-12-18(13-11-17)22(2,3)4/h5-13H,14H2,1-4H3,(H,23,26)(H,24,25). The van der Waals surface area contributed by atoms with Crippen LogP contribution in [0.4, 0.5) is 10.5 Å². The summed E-state index contributed by atoms with van der Waals surface area (Å²) in [5.74, 6) is 0. The zero-order valence-electron chi connectivity index (χ0n) is 16.2. The maximum Gasteiger partial charge on any atom is 0.412 e. The number of nitrogens with zero attached hydrogens (tertiary/aromatic N) is 1. The normalized spacial score (nSPS) is 11.3. The Morgan fingerprint density at radius 2 is 1.74 bits per heavy atom. The van der Waals surface area contributed by atoms with Gasteiger partial charge in [0.05, 0.1) is 11.4 Å². The van der Waals surface area contributed by atoms with Crippen LogP contribution in [0, 0.1) is 6.92 Å². The quantitative estimate of drug-likeness (QED) is 0.649. The topological polar surface area (TPSA) is 67.0 Å². The smallest absolute Gasteiger partial charge is 0.412 e. The number of carbonyl (C=O) groups excluding carboxylic acids is 1. The molecule has 0 radical (unpaired) electrons. The summed E-state index contributed by atoms with van der Waals surface area (Å²) in [5.41, 5.74) is 5.32. The predicted octanol–water partition coefficient (Wildman–Crippen LogP) is 5.43. The molecular formula is C22H25N3O2. The van der Waals surface area contributed by atoms with Crippen molar-refractivity contribution in [3.8, 4) is 11.3 Å². The lowest BCUT2D eigenvalue weighted by atomic mass is 9.86. The molecule has 0 unspecified atom stereocenters. The lowest BCUT2D eigenvalue weighted by Crippen LogP contribution is -2.14. The van der Waals surface area contributed by atoms with Crippen LogP contribution in [-0.4, -0.2) is 16.3 Å². The van der Waals surface area contributed by atoms with Crippen molar-refractivity contribution in [1.29, 1.82) is 0 Å². The monoisotopic (exact) mass is 363 g/mol. The fourth-order valence-electron chi connectivity index (χ4n) is 2.78. The SMILES string of the molecule is Cc1[nH]nc(-c2ccc(C(C)(C)C)cc2)c1NC(=O)OCc1ccccc1. The highest BCUT2D eigenvalue weighted by Gasteiger charge is 2.18. The van der Waals surface area contributed by atoms with Gasteiger partial charge in [0.2, 0.25) is 0 Å². The lowest BCUT2D eigenvalue weighted by molar-refractivity contribution is 0.155. The van der Waals surface area contributed by atoms with Crippen LogP contribution in [0.2, 0.25) is 0 Å². The lowest BCUT2D eigenvalue weighted by Gasteiger charge is -2.19. The van der Waals surface area contributed by atoms with E-state index >= 15 is 0 Å². The van der Waals surface area contributed by atoms with Crippen LogP contribution in [0.15, 0.2) is 54.6 Å². The van der Waals surface area contributed by atoms with Gasteiger partial charge in [-0.3, -0.25) is 10.4 Å². The summed E-state index contributed by atoms with van der Waals surface area (Å²) >= 11 is 0. The molecule has 0 atom stereocenters. The number of anilines is 1. The minimum atomic E-state index is -0.504. The molecule has 0 saturated carbocycles. The van der Waals surface area contributed by atoms with Gasteiger partial charge in [-0.2, -0.15) is 5.10 Å². The van der Waals surface area contributed by atoms with Crippen LogP contribution in [0.1, 0.15) is 37.6 Å². The average Bonchev–Trinajstić information content (AvgIpc) is 3.01. The average molecular weight is 363 g/mol. The Morgan fingerprint density at radius 3 is 2.37 bits per heavy atom. The van der Waals surface area contributed by atoms with E-state index in [1.807, 2.05) is 49.4 Å². The number of H-pyrrole nitrogens is 1. The fraction of sp³-hybridized carbons (Fsp3) is 0.273. The Balaban J connectivity index is 1.73. The molecule has 27 heavy (non-hydrogen) atoms. The zero-order chi connectivity index (χ0) is 19.4. The third-order valence-corrected chi connectivity index (χ3v) is 4.41. The first-order chi connectivity index (χ1) is 12.8. The zero-order valence-corrected chi connectivity index (χ0v) is 16.2. The molecule has 0 aliphatic carbocycles. The Bertz CT molecular complexity index is 907. The summed E-state index contributed by atoms with van der Waals surface area (Å²) < 4.78 is 5.32. The molecular weight excluding hydrogens is 338 g/mol. The summed E-state index contributed by atoms with van der Waals surface area (Å²) in [4.78, 5) is 12.2. The van der Waals surface area contributed by atoms with Gasteiger partial charge in [0.1, 0.15) is 12.3 Å². The second-order valence-corrected chi connectivity index (χ2v) is 7.59. The maximum atomic E-state index is 12.2. The third kappa shape index (κ3) is 4.56. The Morgan fingerprint density at radius 1 is 1.07 bits per heavy atom. The maximum absolute atomic E-state index is 12.2. The molecule has 3 rings (SSSR count). The Labute approximate surface area is 159 Å². The third-order valence-electron chi connectivity index (χ3n) is 4.41. The van der Waals surface area contributed by atoms with Gasteiger partial charge >= 0.3 is 6.09 Å². The molecule has 2 N–H and O–H groups in total. The van der Waals surface area contributed by atoms with E-state index in [0.717, 1.165) is 16.8 Å². The molecule has 0 saturated heterocycles.